The highest BCUT2D eigenvalue weighted by molar-refractivity contribution is 8.13. The highest BCUT2D eigenvalue weighted by Gasteiger charge is 2.24. The molecule has 0 spiro atoms. The van der Waals surface area contributed by atoms with E-state index < -0.39 is 9.05 Å². The standard InChI is InChI=1S/C15H23ClO4S/c1-6-19-7-8-20-13-9-11(2)14(21(16,17)18)10-12(13)15(3,4)5/h9-10H,6-8H2,1-5H3. The van der Waals surface area contributed by atoms with Gasteiger partial charge in [0.15, 0.2) is 0 Å². The molecule has 0 fully saturated rings. The summed E-state index contributed by atoms with van der Waals surface area (Å²) in [5.41, 5.74) is 1.12. The zero-order valence-electron chi connectivity index (χ0n) is 13.2. The minimum absolute atomic E-state index is 0.131. The van der Waals surface area contributed by atoms with Gasteiger partial charge in [-0.05, 0) is 37.0 Å². The first-order chi connectivity index (χ1) is 9.57. The lowest BCUT2D eigenvalue weighted by Crippen LogP contribution is -2.16. The highest BCUT2D eigenvalue weighted by atomic mass is 35.7. The molecule has 0 saturated carbocycles. The summed E-state index contributed by atoms with van der Waals surface area (Å²) in [5.74, 6) is 0.670. The van der Waals surface area contributed by atoms with Crippen molar-refractivity contribution in [2.24, 2.45) is 0 Å². The first-order valence-corrected chi connectivity index (χ1v) is 9.18. The molecule has 6 heteroatoms. The topological polar surface area (TPSA) is 52.6 Å². The normalized spacial score (nSPS) is 12.5. The van der Waals surface area contributed by atoms with Gasteiger partial charge in [-0.3, -0.25) is 0 Å². The van der Waals surface area contributed by atoms with E-state index in [1.165, 1.54) is 0 Å². The molecule has 0 atom stereocenters. The van der Waals surface area contributed by atoms with Crippen LogP contribution in [0.4, 0.5) is 0 Å². The number of hydrogen-bond donors (Lipinski definition) is 0. The summed E-state index contributed by atoms with van der Waals surface area (Å²) in [6, 6.07) is 3.33. The molecule has 0 saturated heterocycles. The first-order valence-electron chi connectivity index (χ1n) is 6.87. The second-order valence-corrected chi connectivity index (χ2v) is 8.38. The number of halogens is 1. The van der Waals surface area contributed by atoms with Gasteiger partial charge in [-0.2, -0.15) is 0 Å². The van der Waals surface area contributed by atoms with E-state index in [-0.39, 0.29) is 10.3 Å². The van der Waals surface area contributed by atoms with Crippen LogP contribution >= 0.6 is 10.7 Å². The number of rotatable bonds is 6. The maximum Gasteiger partial charge on any atom is 0.261 e. The molecule has 0 unspecified atom stereocenters. The third kappa shape index (κ3) is 5.16. The molecule has 0 bridgehead atoms. The molecule has 0 heterocycles. The van der Waals surface area contributed by atoms with Crippen LogP contribution in [0.1, 0.15) is 38.8 Å². The van der Waals surface area contributed by atoms with E-state index in [0.717, 1.165) is 5.56 Å². The van der Waals surface area contributed by atoms with Crippen LogP contribution in [0.5, 0.6) is 5.75 Å². The van der Waals surface area contributed by atoms with Crippen molar-refractivity contribution in [2.45, 2.75) is 44.9 Å². The molecule has 0 aliphatic carbocycles. The molecular weight excluding hydrogens is 312 g/mol. The zero-order valence-corrected chi connectivity index (χ0v) is 14.8. The van der Waals surface area contributed by atoms with Crippen molar-refractivity contribution < 1.29 is 17.9 Å². The van der Waals surface area contributed by atoms with E-state index in [1.807, 2.05) is 27.7 Å². The van der Waals surface area contributed by atoms with E-state index in [4.69, 9.17) is 20.2 Å². The smallest absolute Gasteiger partial charge is 0.261 e. The Balaban J connectivity index is 3.21. The summed E-state index contributed by atoms with van der Waals surface area (Å²) in [5, 5.41) is 0. The summed E-state index contributed by atoms with van der Waals surface area (Å²) >= 11 is 0. The lowest BCUT2D eigenvalue weighted by molar-refractivity contribution is 0.109. The van der Waals surface area contributed by atoms with E-state index >= 15 is 0 Å². The Morgan fingerprint density at radius 2 is 1.81 bits per heavy atom. The Kier molecular flexibility index (Phi) is 6.08. The van der Waals surface area contributed by atoms with Crippen molar-refractivity contribution in [1.29, 1.82) is 0 Å². The van der Waals surface area contributed by atoms with Crippen molar-refractivity contribution in [1.82, 2.24) is 0 Å². The van der Waals surface area contributed by atoms with Gasteiger partial charge in [0, 0.05) is 22.9 Å². The zero-order chi connectivity index (χ0) is 16.3. The molecule has 21 heavy (non-hydrogen) atoms. The van der Waals surface area contributed by atoms with Gasteiger partial charge in [-0.15, -0.1) is 0 Å². The Bertz CT molecular complexity index is 588. The average Bonchev–Trinajstić information content (AvgIpc) is 2.31. The van der Waals surface area contributed by atoms with Gasteiger partial charge in [-0.1, -0.05) is 20.8 Å². The molecule has 0 aliphatic heterocycles. The average molecular weight is 335 g/mol. The van der Waals surface area contributed by atoms with Crippen LogP contribution in [0, 0.1) is 6.92 Å². The monoisotopic (exact) mass is 334 g/mol. The number of benzene rings is 1. The maximum atomic E-state index is 11.6. The molecule has 1 rings (SSSR count). The van der Waals surface area contributed by atoms with Crippen molar-refractivity contribution in [3.8, 4) is 5.75 Å². The Labute approximate surface area is 131 Å². The molecule has 0 radical (unpaired) electrons. The van der Waals surface area contributed by atoms with Crippen molar-refractivity contribution >= 4 is 19.7 Å². The van der Waals surface area contributed by atoms with Gasteiger partial charge in [0.2, 0.25) is 0 Å². The molecule has 0 N–H and O–H groups in total. The summed E-state index contributed by atoms with van der Waals surface area (Å²) in [4.78, 5) is 0.131. The molecule has 4 nitrogen and oxygen atoms in total. The second-order valence-electron chi connectivity index (χ2n) is 5.85. The third-order valence-electron chi connectivity index (χ3n) is 3.04. The minimum atomic E-state index is -3.77. The fourth-order valence-electron chi connectivity index (χ4n) is 1.98. The predicted molar refractivity (Wildman–Crippen MR) is 84.9 cm³/mol. The van der Waals surface area contributed by atoms with Crippen molar-refractivity contribution in [3.63, 3.8) is 0 Å². The largest absolute Gasteiger partial charge is 0.491 e. The molecule has 120 valence electrons. The number of hydrogen-bond acceptors (Lipinski definition) is 4. The highest BCUT2D eigenvalue weighted by Crippen LogP contribution is 2.36. The van der Waals surface area contributed by atoms with Crippen LogP contribution in [-0.2, 0) is 19.2 Å². The number of ether oxygens (including phenoxy) is 2. The molecule has 0 aromatic heterocycles. The van der Waals surface area contributed by atoms with Gasteiger partial charge < -0.3 is 9.47 Å². The molecule has 0 amide bonds. The second kappa shape index (κ2) is 6.99. The quantitative estimate of drug-likeness (QED) is 0.588. The lowest BCUT2D eigenvalue weighted by Gasteiger charge is -2.24. The minimum Gasteiger partial charge on any atom is -0.491 e. The Morgan fingerprint density at radius 1 is 1.19 bits per heavy atom. The van der Waals surface area contributed by atoms with Crippen LogP contribution in [0.25, 0.3) is 0 Å². The van der Waals surface area contributed by atoms with Crippen molar-refractivity contribution in [2.75, 3.05) is 19.8 Å². The lowest BCUT2D eigenvalue weighted by atomic mass is 9.86. The van der Waals surface area contributed by atoms with E-state index in [1.54, 1.807) is 19.1 Å². The predicted octanol–water partition coefficient (Wildman–Crippen LogP) is 3.64. The van der Waals surface area contributed by atoms with Gasteiger partial charge in [0.25, 0.3) is 9.05 Å². The molecule has 0 aliphatic rings. The van der Waals surface area contributed by atoms with Crippen LogP contribution in [0.3, 0.4) is 0 Å². The van der Waals surface area contributed by atoms with Gasteiger partial charge >= 0.3 is 0 Å². The fourth-order valence-corrected chi connectivity index (χ4v) is 3.19. The molecular formula is C15H23ClO4S. The first kappa shape index (κ1) is 18.3. The maximum absolute atomic E-state index is 11.6. The van der Waals surface area contributed by atoms with Crippen LogP contribution in [0.15, 0.2) is 17.0 Å². The van der Waals surface area contributed by atoms with E-state index in [9.17, 15) is 8.42 Å². The van der Waals surface area contributed by atoms with E-state index in [0.29, 0.717) is 31.1 Å². The summed E-state index contributed by atoms with van der Waals surface area (Å²) < 4.78 is 34.3. The van der Waals surface area contributed by atoms with Crippen molar-refractivity contribution in [3.05, 3.63) is 23.3 Å². The fraction of sp³-hybridized carbons (Fsp3) is 0.600. The molecule has 1 aromatic rings. The third-order valence-corrected chi connectivity index (χ3v) is 4.50. The number of aryl methyl sites for hydroxylation is 1. The van der Waals surface area contributed by atoms with Crippen LogP contribution in [-0.4, -0.2) is 28.2 Å². The van der Waals surface area contributed by atoms with Gasteiger partial charge in [-0.25, -0.2) is 8.42 Å². The van der Waals surface area contributed by atoms with Gasteiger partial charge in [0.1, 0.15) is 12.4 Å². The SMILES string of the molecule is CCOCCOc1cc(C)c(S(=O)(=O)Cl)cc1C(C)(C)C. The van der Waals surface area contributed by atoms with Crippen LogP contribution < -0.4 is 4.74 Å². The summed E-state index contributed by atoms with van der Waals surface area (Å²) in [6.07, 6.45) is 0. The summed E-state index contributed by atoms with van der Waals surface area (Å²) in [6.45, 7) is 11.2. The Hall–Kier alpha value is -0.780. The molecule has 1 aromatic carbocycles. The Morgan fingerprint density at radius 3 is 2.29 bits per heavy atom. The summed E-state index contributed by atoms with van der Waals surface area (Å²) in [7, 11) is 1.73. The van der Waals surface area contributed by atoms with Crippen LogP contribution in [0.2, 0.25) is 0 Å². The van der Waals surface area contributed by atoms with Gasteiger partial charge in [0.05, 0.1) is 11.5 Å². The van der Waals surface area contributed by atoms with E-state index in [2.05, 4.69) is 0 Å².